The van der Waals surface area contributed by atoms with Gasteiger partial charge in [0.2, 0.25) is 0 Å². The van der Waals surface area contributed by atoms with E-state index in [0.29, 0.717) is 0 Å². The van der Waals surface area contributed by atoms with Crippen LogP contribution in [0.2, 0.25) is 0 Å². The largest absolute Gasteiger partial charge is 0.378 e. The van der Waals surface area contributed by atoms with Gasteiger partial charge in [-0.25, -0.2) is 0 Å². The third kappa shape index (κ3) is 8.57. The molecule has 0 rings (SSSR count). The first-order chi connectivity index (χ1) is 9.31. The molecule has 3 heteroatoms. The Labute approximate surface area is 132 Å². The van der Waals surface area contributed by atoms with Crippen molar-refractivity contribution in [2.75, 3.05) is 13.7 Å². The lowest BCUT2D eigenvalue weighted by atomic mass is 9.71. The predicted octanol–water partition coefficient (Wildman–Crippen LogP) is 4.20. The number of hydrogen-bond acceptors (Lipinski definition) is 3. The van der Waals surface area contributed by atoms with Crippen molar-refractivity contribution in [2.24, 2.45) is 10.8 Å². The summed E-state index contributed by atoms with van der Waals surface area (Å²) in [6.07, 6.45) is 3.08. The fourth-order valence-electron chi connectivity index (χ4n) is 2.87. The maximum absolute atomic E-state index is 11.7. The number of rotatable bonds is 10. The van der Waals surface area contributed by atoms with E-state index in [2.05, 4.69) is 39.9 Å². The summed E-state index contributed by atoms with van der Waals surface area (Å²) in [4.78, 5) is 11.7. The van der Waals surface area contributed by atoms with E-state index < -0.39 is 0 Å². The molecule has 1 unspecified atom stereocenters. The van der Waals surface area contributed by atoms with Crippen LogP contribution in [0.5, 0.6) is 0 Å². The molecular formula is C18H37NO2. The number of carbonyl (C=O) groups is 1. The van der Waals surface area contributed by atoms with E-state index in [1.54, 1.807) is 6.92 Å². The molecule has 0 heterocycles. The Balaban J connectivity index is 4.30. The van der Waals surface area contributed by atoms with Crippen molar-refractivity contribution in [2.45, 2.75) is 86.3 Å². The minimum Gasteiger partial charge on any atom is -0.378 e. The van der Waals surface area contributed by atoms with Crippen molar-refractivity contribution in [3.63, 3.8) is 0 Å². The lowest BCUT2D eigenvalue weighted by Gasteiger charge is -2.35. The zero-order valence-corrected chi connectivity index (χ0v) is 15.7. The van der Waals surface area contributed by atoms with Crippen LogP contribution in [0.25, 0.3) is 0 Å². The number of carbonyl (C=O) groups excluding carboxylic acids is 1. The van der Waals surface area contributed by atoms with Crippen LogP contribution < -0.4 is 5.32 Å². The van der Waals surface area contributed by atoms with Crippen LogP contribution in [0.3, 0.4) is 0 Å². The highest BCUT2D eigenvalue weighted by atomic mass is 16.5. The van der Waals surface area contributed by atoms with Gasteiger partial charge < -0.3 is 10.1 Å². The van der Waals surface area contributed by atoms with Gasteiger partial charge in [0.05, 0.1) is 6.10 Å². The van der Waals surface area contributed by atoms with Gasteiger partial charge in [0.1, 0.15) is 5.78 Å². The molecule has 0 aromatic heterocycles. The first-order valence-corrected chi connectivity index (χ1v) is 8.13. The molecule has 0 bridgehead atoms. The molecule has 21 heavy (non-hydrogen) atoms. The third-order valence-corrected chi connectivity index (χ3v) is 4.52. The van der Waals surface area contributed by atoms with Crippen LogP contribution in [0.4, 0.5) is 0 Å². The van der Waals surface area contributed by atoms with Gasteiger partial charge in [0, 0.05) is 17.6 Å². The van der Waals surface area contributed by atoms with Crippen LogP contribution in [0, 0.1) is 10.8 Å². The Morgan fingerprint density at radius 3 is 2.10 bits per heavy atom. The zero-order chi connectivity index (χ0) is 16.9. The molecule has 0 fully saturated rings. The Kier molecular flexibility index (Phi) is 7.58. The second-order valence-electron chi connectivity index (χ2n) is 8.55. The van der Waals surface area contributed by atoms with E-state index in [0.717, 1.165) is 25.9 Å². The van der Waals surface area contributed by atoms with Crippen LogP contribution >= 0.6 is 0 Å². The van der Waals surface area contributed by atoms with E-state index in [1.165, 1.54) is 0 Å². The molecule has 126 valence electrons. The first kappa shape index (κ1) is 20.6. The molecule has 0 radical (unpaired) electrons. The molecule has 0 spiro atoms. The quantitative estimate of drug-likeness (QED) is 0.657. The summed E-state index contributed by atoms with van der Waals surface area (Å²) in [7, 11) is 1.98. The highest BCUT2D eigenvalue weighted by Crippen LogP contribution is 2.38. The van der Waals surface area contributed by atoms with E-state index in [1.807, 2.05) is 20.9 Å². The molecule has 0 aromatic rings. The summed E-state index contributed by atoms with van der Waals surface area (Å²) in [6.45, 7) is 17.5. The highest BCUT2D eigenvalue weighted by molar-refractivity contribution is 5.81. The predicted molar refractivity (Wildman–Crippen MR) is 90.6 cm³/mol. The maximum Gasteiger partial charge on any atom is 0.135 e. The average molecular weight is 299 g/mol. The van der Waals surface area contributed by atoms with Crippen molar-refractivity contribution in [1.82, 2.24) is 5.32 Å². The molecule has 0 amide bonds. The van der Waals surface area contributed by atoms with Crippen LogP contribution in [-0.2, 0) is 9.53 Å². The maximum atomic E-state index is 11.7. The molecule has 3 nitrogen and oxygen atoms in total. The molecule has 0 aliphatic heterocycles. The Morgan fingerprint density at radius 2 is 1.67 bits per heavy atom. The van der Waals surface area contributed by atoms with Gasteiger partial charge in [0.15, 0.2) is 0 Å². The molecule has 1 atom stereocenters. The summed E-state index contributed by atoms with van der Waals surface area (Å²) in [5.41, 5.74) is -0.0314. The van der Waals surface area contributed by atoms with Gasteiger partial charge in [-0.3, -0.25) is 4.79 Å². The molecule has 0 aliphatic carbocycles. The van der Waals surface area contributed by atoms with Crippen molar-refractivity contribution in [1.29, 1.82) is 0 Å². The topological polar surface area (TPSA) is 38.3 Å². The van der Waals surface area contributed by atoms with Gasteiger partial charge in [-0.2, -0.15) is 0 Å². The van der Waals surface area contributed by atoms with E-state index >= 15 is 0 Å². The monoisotopic (exact) mass is 299 g/mol. The van der Waals surface area contributed by atoms with Crippen molar-refractivity contribution < 1.29 is 9.53 Å². The second kappa shape index (κ2) is 7.73. The van der Waals surface area contributed by atoms with Gasteiger partial charge in [-0.05, 0) is 59.4 Å². The number of hydrogen-bond donors (Lipinski definition) is 1. The molecule has 0 saturated carbocycles. The SMILES string of the molecule is CNC(C)(C)CCOC(C)CC(C)(C)CC(C)(C)C(C)=O. The number of ether oxygens (including phenoxy) is 1. The van der Waals surface area contributed by atoms with Crippen molar-refractivity contribution >= 4 is 5.78 Å². The Morgan fingerprint density at radius 1 is 1.14 bits per heavy atom. The van der Waals surface area contributed by atoms with E-state index in [9.17, 15) is 4.79 Å². The third-order valence-electron chi connectivity index (χ3n) is 4.52. The van der Waals surface area contributed by atoms with Crippen molar-refractivity contribution in [3.8, 4) is 0 Å². The summed E-state index contributed by atoms with van der Waals surface area (Å²) < 4.78 is 5.97. The zero-order valence-electron chi connectivity index (χ0n) is 15.7. The molecular weight excluding hydrogens is 262 g/mol. The van der Waals surface area contributed by atoms with E-state index in [-0.39, 0.29) is 28.3 Å². The molecule has 0 saturated heterocycles. The minimum absolute atomic E-state index is 0.104. The fraction of sp³-hybridized carbons (Fsp3) is 0.944. The number of nitrogens with one attached hydrogen (secondary N) is 1. The van der Waals surface area contributed by atoms with Crippen LogP contribution in [-0.4, -0.2) is 31.1 Å². The molecule has 1 N–H and O–H groups in total. The lowest BCUT2D eigenvalue weighted by molar-refractivity contribution is -0.126. The fourth-order valence-corrected chi connectivity index (χ4v) is 2.87. The standard InChI is InChI=1S/C18H37NO2/c1-14(21-11-10-18(7,8)19-9)12-16(3,4)13-17(5,6)15(2)20/h14,19H,10-13H2,1-9H3. The lowest BCUT2D eigenvalue weighted by Crippen LogP contribution is -2.37. The Bertz CT molecular complexity index is 332. The highest BCUT2D eigenvalue weighted by Gasteiger charge is 2.33. The van der Waals surface area contributed by atoms with Crippen LogP contribution in [0.15, 0.2) is 0 Å². The summed E-state index contributed by atoms with van der Waals surface area (Å²) in [5, 5.41) is 3.29. The van der Waals surface area contributed by atoms with Gasteiger partial charge in [-0.15, -0.1) is 0 Å². The molecule has 0 aliphatic rings. The summed E-state index contributed by atoms with van der Waals surface area (Å²) in [5.74, 6) is 0.264. The smallest absolute Gasteiger partial charge is 0.135 e. The first-order valence-electron chi connectivity index (χ1n) is 8.13. The van der Waals surface area contributed by atoms with Gasteiger partial charge in [-0.1, -0.05) is 27.7 Å². The average Bonchev–Trinajstić information content (AvgIpc) is 2.25. The Hall–Kier alpha value is -0.410. The number of ketones is 1. The van der Waals surface area contributed by atoms with Crippen LogP contribution in [0.1, 0.15) is 74.7 Å². The molecule has 0 aromatic carbocycles. The second-order valence-corrected chi connectivity index (χ2v) is 8.55. The summed E-state index contributed by atoms with van der Waals surface area (Å²) >= 11 is 0. The van der Waals surface area contributed by atoms with Crippen molar-refractivity contribution in [3.05, 3.63) is 0 Å². The number of Topliss-reactive ketones (excluding diaryl/α,β-unsaturated/α-hetero) is 1. The van der Waals surface area contributed by atoms with E-state index in [4.69, 9.17) is 4.74 Å². The normalized spacial score (nSPS) is 15.1. The summed E-state index contributed by atoms with van der Waals surface area (Å²) in [6, 6.07) is 0. The van der Waals surface area contributed by atoms with Gasteiger partial charge >= 0.3 is 0 Å². The minimum atomic E-state index is -0.253. The van der Waals surface area contributed by atoms with Gasteiger partial charge in [0.25, 0.3) is 0 Å².